The lowest BCUT2D eigenvalue weighted by Crippen LogP contribution is -2.35. The minimum atomic E-state index is -0.355. The highest BCUT2D eigenvalue weighted by molar-refractivity contribution is 9.10. The Bertz CT molecular complexity index is 409. The van der Waals surface area contributed by atoms with Crippen molar-refractivity contribution in [3.63, 3.8) is 0 Å². The molecule has 2 bridgehead atoms. The summed E-state index contributed by atoms with van der Waals surface area (Å²) >= 11 is 3.45. The fourth-order valence-electron chi connectivity index (χ4n) is 3.29. The predicted molar refractivity (Wildman–Crippen MR) is 71.8 cm³/mol. The largest absolute Gasteiger partial charge is 0.387 e. The molecule has 1 aromatic carbocycles. The van der Waals surface area contributed by atoms with E-state index in [0.29, 0.717) is 0 Å². The van der Waals surface area contributed by atoms with Crippen molar-refractivity contribution in [2.75, 3.05) is 13.1 Å². The van der Waals surface area contributed by atoms with Gasteiger partial charge in [-0.05, 0) is 42.9 Å². The first-order valence-electron chi connectivity index (χ1n) is 6.40. The monoisotopic (exact) mass is 295 g/mol. The third-order valence-electron chi connectivity index (χ3n) is 4.16. The summed E-state index contributed by atoms with van der Waals surface area (Å²) in [7, 11) is 0. The Kier molecular flexibility index (Phi) is 3.24. The molecule has 1 aromatic rings. The molecule has 3 rings (SSSR count). The second kappa shape index (κ2) is 4.71. The van der Waals surface area contributed by atoms with Gasteiger partial charge in [0.1, 0.15) is 0 Å². The van der Waals surface area contributed by atoms with E-state index in [4.69, 9.17) is 0 Å². The van der Waals surface area contributed by atoms with Crippen molar-refractivity contribution in [1.82, 2.24) is 4.90 Å². The number of benzene rings is 1. The van der Waals surface area contributed by atoms with Crippen LogP contribution in [0.5, 0.6) is 0 Å². The van der Waals surface area contributed by atoms with Gasteiger partial charge in [-0.1, -0.05) is 28.1 Å². The Morgan fingerprint density at radius 3 is 2.94 bits per heavy atom. The normalized spacial score (nSPS) is 29.8. The van der Waals surface area contributed by atoms with Crippen LogP contribution in [0.4, 0.5) is 0 Å². The van der Waals surface area contributed by atoms with Gasteiger partial charge in [-0.25, -0.2) is 0 Å². The Morgan fingerprint density at radius 1 is 1.41 bits per heavy atom. The van der Waals surface area contributed by atoms with Crippen LogP contribution < -0.4 is 0 Å². The number of aliphatic hydroxyl groups is 1. The molecule has 1 saturated carbocycles. The van der Waals surface area contributed by atoms with Crippen LogP contribution in [0.15, 0.2) is 28.7 Å². The molecule has 0 amide bonds. The molecule has 1 aliphatic heterocycles. The molecule has 2 fully saturated rings. The van der Waals surface area contributed by atoms with E-state index >= 15 is 0 Å². The molecule has 3 heteroatoms. The zero-order chi connectivity index (χ0) is 11.8. The van der Waals surface area contributed by atoms with Crippen LogP contribution in [0, 0.1) is 5.92 Å². The lowest BCUT2D eigenvalue weighted by atomic mass is 10.1. The Hall–Kier alpha value is -0.380. The highest BCUT2D eigenvalue weighted by Gasteiger charge is 2.38. The molecule has 0 radical (unpaired) electrons. The highest BCUT2D eigenvalue weighted by atomic mass is 79.9. The quantitative estimate of drug-likeness (QED) is 0.927. The first-order valence-corrected chi connectivity index (χ1v) is 7.19. The molecule has 1 saturated heterocycles. The average molecular weight is 296 g/mol. The van der Waals surface area contributed by atoms with Gasteiger partial charge in [-0.15, -0.1) is 0 Å². The molecule has 0 spiro atoms. The number of aliphatic hydroxyl groups excluding tert-OH is 1. The third-order valence-corrected chi connectivity index (χ3v) is 4.66. The number of hydrogen-bond acceptors (Lipinski definition) is 2. The second-order valence-corrected chi connectivity index (χ2v) is 6.27. The number of β-amino-alcohol motifs (C(OH)–C–C–N with tert-alkyl or cyclic N) is 1. The van der Waals surface area contributed by atoms with Crippen LogP contribution in [0.3, 0.4) is 0 Å². The topological polar surface area (TPSA) is 23.5 Å². The fourth-order valence-corrected chi connectivity index (χ4v) is 3.71. The zero-order valence-electron chi connectivity index (χ0n) is 9.85. The molecule has 3 unspecified atom stereocenters. The number of halogens is 1. The van der Waals surface area contributed by atoms with Crippen LogP contribution in [0.1, 0.15) is 30.9 Å². The van der Waals surface area contributed by atoms with Crippen molar-refractivity contribution in [3.05, 3.63) is 34.3 Å². The Morgan fingerprint density at radius 2 is 2.29 bits per heavy atom. The van der Waals surface area contributed by atoms with Crippen LogP contribution in [-0.2, 0) is 0 Å². The molecular weight excluding hydrogens is 278 g/mol. The van der Waals surface area contributed by atoms with Crippen LogP contribution in [0.2, 0.25) is 0 Å². The second-order valence-electron chi connectivity index (χ2n) is 5.36. The maximum atomic E-state index is 10.3. The summed E-state index contributed by atoms with van der Waals surface area (Å²) in [5, 5.41) is 10.3. The first kappa shape index (κ1) is 11.7. The number of likely N-dealkylation sites (tertiary alicyclic amines) is 1. The number of fused-ring (bicyclic) bond motifs is 2. The van der Waals surface area contributed by atoms with E-state index in [-0.39, 0.29) is 6.10 Å². The van der Waals surface area contributed by atoms with E-state index in [0.717, 1.165) is 28.5 Å². The lowest BCUT2D eigenvalue weighted by molar-refractivity contribution is 0.0946. The van der Waals surface area contributed by atoms with Gasteiger partial charge in [0.15, 0.2) is 0 Å². The lowest BCUT2D eigenvalue weighted by Gasteiger charge is -2.28. The van der Waals surface area contributed by atoms with Crippen molar-refractivity contribution in [3.8, 4) is 0 Å². The molecule has 92 valence electrons. The molecule has 2 aliphatic rings. The van der Waals surface area contributed by atoms with Crippen LogP contribution in [-0.4, -0.2) is 29.1 Å². The molecule has 3 atom stereocenters. The maximum absolute atomic E-state index is 10.3. The molecule has 17 heavy (non-hydrogen) atoms. The van der Waals surface area contributed by atoms with E-state index in [2.05, 4.69) is 20.8 Å². The SMILES string of the molecule is OC(CN1CC2CCC1C2)c1cccc(Br)c1. The van der Waals surface area contributed by atoms with Gasteiger partial charge < -0.3 is 5.11 Å². The van der Waals surface area contributed by atoms with E-state index in [1.165, 1.54) is 25.8 Å². The van der Waals surface area contributed by atoms with E-state index in [9.17, 15) is 5.11 Å². The number of piperidine rings is 1. The number of hydrogen-bond donors (Lipinski definition) is 1. The molecular formula is C14H18BrNO. The number of nitrogens with zero attached hydrogens (tertiary/aromatic N) is 1. The minimum Gasteiger partial charge on any atom is -0.387 e. The predicted octanol–water partition coefficient (Wildman–Crippen LogP) is 2.97. The van der Waals surface area contributed by atoms with Crippen LogP contribution in [0.25, 0.3) is 0 Å². The van der Waals surface area contributed by atoms with Crippen molar-refractivity contribution >= 4 is 15.9 Å². The van der Waals surface area contributed by atoms with Gasteiger partial charge >= 0.3 is 0 Å². The minimum absolute atomic E-state index is 0.355. The smallest absolute Gasteiger partial charge is 0.0917 e. The standard InChI is InChI=1S/C14H18BrNO/c15-12-3-1-2-11(7-12)14(17)9-16-8-10-4-5-13(16)6-10/h1-3,7,10,13-14,17H,4-6,8-9H2. The van der Waals surface area contributed by atoms with Crippen LogP contribution >= 0.6 is 15.9 Å². The van der Waals surface area contributed by atoms with Gasteiger partial charge in [0, 0.05) is 23.6 Å². The summed E-state index contributed by atoms with van der Waals surface area (Å²) in [4.78, 5) is 2.47. The summed E-state index contributed by atoms with van der Waals surface area (Å²) in [5.74, 6) is 0.898. The maximum Gasteiger partial charge on any atom is 0.0917 e. The molecule has 0 aromatic heterocycles. The van der Waals surface area contributed by atoms with E-state index < -0.39 is 0 Å². The number of rotatable bonds is 3. The molecule has 1 N–H and O–H groups in total. The summed E-state index contributed by atoms with van der Waals surface area (Å²) < 4.78 is 1.04. The van der Waals surface area contributed by atoms with Crippen molar-refractivity contribution < 1.29 is 5.11 Å². The summed E-state index contributed by atoms with van der Waals surface area (Å²) in [6, 6.07) is 8.73. The molecule has 2 nitrogen and oxygen atoms in total. The third kappa shape index (κ3) is 2.42. The van der Waals surface area contributed by atoms with E-state index in [1.54, 1.807) is 0 Å². The van der Waals surface area contributed by atoms with Gasteiger partial charge in [0.2, 0.25) is 0 Å². The van der Waals surface area contributed by atoms with Gasteiger partial charge in [0.05, 0.1) is 6.10 Å². The van der Waals surface area contributed by atoms with Crippen molar-refractivity contribution in [2.24, 2.45) is 5.92 Å². The zero-order valence-corrected chi connectivity index (χ0v) is 11.4. The van der Waals surface area contributed by atoms with Gasteiger partial charge in [-0.2, -0.15) is 0 Å². The Labute approximate surface area is 111 Å². The summed E-state index contributed by atoms with van der Waals surface area (Å²) in [5.41, 5.74) is 1.02. The first-order chi connectivity index (χ1) is 8.22. The highest BCUT2D eigenvalue weighted by Crippen LogP contribution is 2.38. The summed E-state index contributed by atoms with van der Waals surface area (Å²) in [6.45, 7) is 1.98. The van der Waals surface area contributed by atoms with Gasteiger partial charge in [0.25, 0.3) is 0 Å². The van der Waals surface area contributed by atoms with E-state index in [1.807, 2.05) is 24.3 Å². The van der Waals surface area contributed by atoms with Crippen molar-refractivity contribution in [2.45, 2.75) is 31.4 Å². The Balaban J connectivity index is 1.65. The summed E-state index contributed by atoms with van der Waals surface area (Å²) in [6.07, 6.45) is 3.72. The molecule has 1 aliphatic carbocycles. The average Bonchev–Trinajstić information content (AvgIpc) is 2.91. The van der Waals surface area contributed by atoms with Crippen molar-refractivity contribution in [1.29, 1.82) is 0 Å². The molecule has 1 heterocycles. The van der Waals surface area contributed by atoms with Gasteiger partial charge in [-0.3, -0.25) is 4.90 Å². The fraction of sp³-hybridized carbons (Fsp3) is 0.571.